The third-order valence-corrected chi connectivity index (χ3v) is 4.69. The van der Waals surface area contributed by atoms with Gasteiger partial charge in [-0.1, -0.05) is 12.1 Å². The number of likely N-dealkylation sites (tertiary alicyclic amines) is 1. The van der Waals surface area contributed by atoms with Crippen LogP contribution in [0.5, 0.6) is 5.75 Å². The van der Waals surface area contributed by atoms with E-state index in [0.717, 1.165) is 41.8 Å². The van der Waals surface area contributed by atoms with Crippen LogP contribution in [-0.4, -0.2) is 52.5 Å². The number of ether oxygens (including phenoxy) is 1. The molecule has 26 heavy (non-hydrogen) atoms. The number of hydrogen-bond donors (Lipinski definition) is 1. The van der Waals surface area contributed by atoms with Crippen molar-refractivity contribution in [1.82, 2.24) is 19.2 Å². The number of hydrogen-bond acceptors (Lipinski definition) is 6. The Morgan fingerprint density at radius 2 is 1.96 bits per heavy atom. The quantitative estimate of drug-likeness (QED) is 0.838. The van der Waals surface area contributed by atoms with Gasteiger partial charge in [-0.2, -0.15) is 0 Å². The van der Waals surface area contributed by atoms with Gasteiger partial charge < -0.3 is 15.0 Å². The predicted molar refractivity (Wildman–Crippen MR) is 100.0 cm³/mol. The van der Waals surface area contributed by atoms with Crippen LogP contribution in [0, 0.1) is 0 Å². The number of likely N-dealkylation sites (N-methyl/N-ethyl adjacent to an activating group) is 1. The zero-order valence-electron chi connectivity index (χ0n) is 15.4. The first-order valence-electron chi connectivity index (χ1n) is 8.74. The predicted octanol–water partition coefficient (Wildman–Crippen LogP) is 0.505. The van der Waals surface area contributed by atoms with Crippen molar-refractivity contribution in [3.05, 3.63) is 50.7 Å². The Balaban J connectivity index is 1.86. The molecule has 3 rings (SSSR count). The van der Waals surface area contributed by atoms with Crippen molar-refractivity contribution >= 4 is 5.82 Å². The fraction of sp³-hybridized carbons (Fsp3) is 0.500. The molecule has 8 nitrogen and oxygen atoms in total. The van der Waals surface area contributed by atoms with E-state index in [-0.39, 0.29) is 18.4 Å². The minimum atomic E-state index is -0.433. The van der Waals surface area contributed by atoms with Gasteiger partial charge in [-0.25, -0.2) is 9.48 Å². The summed E-state index contributed by atoms with van der Waals surface area (Å²) in [5, 5.41) is 7.53. The third kappa shape index (κ3) is 3.96. The molecule has 0 unspecified atom stereocenters. The lowest BCUT2D eigenvalue weighted by Crippen LogP contribution is -2.45. The molecule has 1 aromatic heterocycles. The minimum Gasteiger partial charge on any atom is -0.497 e. The number of anilines is 1. The molecule has 1 saturated heterocycles. The van der Waals surface area contributed by atoms with Gasteiger partial charge in [0.15, 0.2) is 0 Å². The van der Waals surface area contributed by atoms with Crippen LogP contribution in [-0.2, 0) is 13.6 Å². The molecule has 0 amide bonds. The van der Waals surface area contributed by atoms with Crippen molar-refractivity contribution in [2.45, 2.75) is 25.4 Å². The summed E-state index contributed by atoms with van der Waals surface area (Å²) in [7, 11) is 5.15. The molecule has 140 valence electrons. The standard InChI is InChI=1S/C18H25N5O3/c1-21-10-4-5-14(12-21)19-16-17(24)22(2)18(25)23(20-16)11-13-6-8-15(26-3)9-7-13/h6-9,14H,4-5,10-12H2,1-3H3,(H,19,20)/t14-/m1/s1. The van der Waals surface area contributed by atoms with Crippen LogP contribution >= 0.6 is 0 Å². The lowest BCUT2D eigenvalue weighted by Gasteiger charge is -2.30. The van der Waals surface area contributed by atoms with Crippen LogP contribution in [0.15, 0.2) is 33.9 Å². The first-order valence-corrected chi connectivity index (χ1v) is 8.74. The molecular weight excluding hydrogens is 334 g/mol. The highest BCUT2D eigenvalue weighted by atomic mass is 16.5. The number of nitrogens with one attached hydrogen (secondary N) is 1. The van der Waals surface area contributed by atoms with Crippen molar-refractivity contribution in [2.75, 3.05) is 32.6 Å². The van der Waals surface area contributed by atoms with Crippen LogP contribution in [0.2, 0.25) is 0 Å². The highest BCUT2D eigenvalue weighted by Gasteiger charge is 2.20. The van der Waals surface area contributed by atoms with Gasteiger partial charge in [-0.15, -0.1) is 5.10 Å². The van der Waals surface area contributed by atoms with E-state index < -0.39 is 11.2 Å². The van der Waals surface area contributed by atoms with E-state index in [2.05, 4.69) is 22.4 Å². The molecule has 2 aromatic rings. The molecule has 1 N–H and O–H groups in total. The third-order valence-electron chi connectivity index (χ3n) is 4.69. The summed E-state index contributed by atoms with van der Waals surface area (Å²) in [6, 6.07) is 7.57. The molecule has 1 aliphatic heterocycles. The van der Waals surface area contributed by atoms with Gasteiger partial charge in [0.05, 0.1) is 13.7 Å². The summed E-state index contributed by atoms with van der Waals surface area (Å²) >= 11 is 0. The highest BCUT2D eigenvalue weighted by Crippen LogP contribution is 2.13. The lowest BCUT2D eigenvalue weighted by molar-refractivity contribution is 0.260. The van der Waals surface area contributed by atoms with Crippen LogP contribution in [0.4, 0.5) is 5.82 Å². The Morgan fingerprint density at radius 1 is 1.23 bits per heavy atom. The van der Waals surface area contributed by atoms with Crippen LogP contribution < -0.4 is 21.3 Å². The number of rotatable bonds is 5. The Kier molecular flexibility index (Phi) is 5.41. The maximum atomic E-state index is 12.4. The van der Waals surface area contributed by atoms with E-state index in [1.807, 2.05) is 24.3 Å². The highest BCUT2D eigenvalue weighted by molar-refractivity contribution is 5.32. The van der Waals surface area contributed by atoms with Gasteiger partial charge in [0.25, 0.3) is 5.56 Å². The number of piperidine rings is 1. The molecule has 2 heterocycles. The normalized spacial score (nSPS) is 17.9. The van der Waals surface area contributed by atoms with E-state index in [9.17, 15) is 9.59 Å². The first kappa shape index (κ1) is 18.2. The summed E-state index contributed by atoms with van der Waals surface area (Å²) < 4.78 is 7.57. The number of benzene rings is 1. The van der Waals surface area contributed by atoms with E-state index >= 15 is 0 Å². The second kappa shape index (κ2) is 7.74. The molecular formula is C18H25N5O3. The molecule has 0 aliphatic carbocycles. The van der Waals surface area contributed by atoms with Gasteiger partial charge in [0.2, 0.25) is 5.82 Å². The molecule has 1 fully saturated rings. The second-order valence-corrected chi connectivity index (χ2v) is 6.75. The van der Waals surface area contributed by atoms with Crippen molar-refractivity contribution in [3.8, 4) is 5.75 Å². The van der Waals surface area contributed by atoms with Gasteiger partial charge in [-0.05, 0) is 44.1 Å². The first-order chi connectivity index (χ1) is 12.5. The van der Waals surface area contributed by atoms with Crippen LogP contribution in [0.3, 0.4) is 0 Å². The lowest BCUT2D eigenvalue weighted by atomic mass is 10.1. The summed E-state index contributed by atoms with van der Waals surface area (Å²) in [6.07, 6.45) is 2.05. The molecule has 1 aromatic carbocycles. The zero-order valence-corrected chi connectivity index (χ0v) is 15.4. The average molecular weight is 359 g/mol. The fourth-order valence-corrected chi connectivity index (χ4v) is 3.20. The number of methoxy groups -OCH3 is 1. The van der Waals surface area contributed by atoms with Gasteiger partial charge in [0.1, 0.15) is 5.75 Å². The maximum Gasteiger partial charge on any atom is 0.347 e. The number of aromatic nitrogens is 3. The molecule has 0 bridgehead atoms. The van der Waals surface area contributed by atoms with Crippen LogP contribution in [0.25, 0.3) is 0 Å². The van der Waals surface area contributed by atoms with Gasteiger partial charge in [0, 0.05) is 19.6 Å². The molecule has 0 spiro atoms. The fourth-order valence-electron chi connectivity index (χ4n) is 3.20. The second-order valence-electron chi connectivity index (χ2n) is 6.75. The molecule has 1 atom stereocenters. The van der Waals surface area contributed by atoms with Crippen molar-refractivity contribution in [2.24, 2.45) is 7.05 Å². The molecule has 0 radical (unpaired) electrons. The van der Waals surface area contributed by atoms with Crippen molar-refractivity contribution in [1.29, 1.82) is 0 Å². The van der Waals surface area contributed by atoms with E-state index in [4.69, 9.17) is 4.74 Å². The summed E-state index contributed by atoms with van der Waals surface area (Å²) in [5.41, 5.74) is 0.0775. The van der Waals surface area contributed by atoms with E-state index in [1.165, 1.54) is 11.7 Å². The maximum absolute atomic E-state index is 12.4. The molecule has 1 aliphatic rings. The SMILES string of the molecule is COc1ccc(Cn2nc(N[C@@H]3CCCN(C)C3)c(=O)n(C)c2=O)cc1. The van der Waals surface area contributed by atoms with Gasteiger partial charge >= 0.3 is 5.69 Å². The Bertz CT molecular complexity index is 872. The summed E-state index contributed by atoms with van der Waals surface area (Å²) in [6.45, 7) is 2.19. The minimum absolute atomic E-state index is 0.154. The zero-order chi connectivity index (χ0) is 18.7. The largest absolute Gasteiger partial charge is 0.497 e. The van der Waals surface area contributed by atoms with Gasteiger partial charge in [-0.3, -0.25) is 9.36 Å². The van der Waals surface area contributed by atoms with E-state index in [0.29, 0.717) is 0 Å². The van der Waals surface area contributed by atoms with E-state index in [1.54, 1.807) is 7.11 Å². The average Bonchev–Trinajstić information content (AvgIpc) is 2.64. The topological polar surface area (TPSA) is 81.4 Å². The number of nitrogens with zero attached hydrogens (tertiary/aromatic N) is 4. The van der Waals surface area contributed by atoms with Crippen molar-refractivity contribution < 1.29 is 4.74 Å². The summed E-state index contributed by atoms with van der Waals surface area (Å²) in [5.74, 6) is 0.971. The van der Waals surface area contributed by atoms with Crippen molar-refractivity contribution in [3.63, 3.8) is 0 Å². The smallest absolute Gasteiger partial charge is 0.347 e. The Morgan fingerprint density at radius 3 is 2.62 bits per heavy atom. The molecule has 8 heteroatoms. The summed E-state index contributed by atoms with van der Waals surface area (Å²) in [4.78, 5) is 27.1. The molecule has 0 saturated carbocycles. The Hall–Kier alpha value is -2.61. The Labute approximate surface area is 152 Å². The van der Waals surface area contributed by atoms with Crippen LogP contribution in [0.1, 0.15) is 18.4 Å². The monoisotopic (exact) mass is 359 g/mol.